The smallest absolute Gasteiger partial charge is 0.406 e. The summed E-state index contributed by atoms with van der Waals surface area (Å²) in [5.74, 6) is -1.69. The first kappa shape index (κ1) is 24.3. The molecule has 4 nitrogen and oxygen atoms in total. The number of ether oxygens (including phenoxy) is 1. The summed E-state index contributed by atoms with van der Waals surface area (Å²) in [7, 11) is 0. The van der Waals surface area contributed by atoms with Crippen molar-refractivity contribution < 1.29 is 35.9 Å². The molecule has 0 unspecified atom stereocenters. The third-order valence-electron chi connectivity index (χ3n) is 2.91. The first-order valence-corrected chi connectivity index (χ1v) is 10.8. The van der Waals surface area contributed by atoms with Gasteiger partial charge in [-0.25, -0.2) is 4.98 Å². The van der Waals surface area contributed by atoms with Gasteiger partial charge < -0.3 is 10.1 Å². The first-order chi connectivity index (χ1) is 13.2. The maximum Gasteiger partial charge on any atom is 0.573 e. The summed E-state index contributed by atoms with van der Waals surface area (Å²) in [5, 5.41) is 2.20. The summed E-state index contributed by atoms with van der Waals surface area (Å²) in [6, 6.07) is 1.84. The zero-order valence-corrected chi connectivity index (χ0v) is 19.1. The lowest BCUT2D eigenvalue weighted by Gasteiger charge is -2.14. The number of nitrogens with zero attached hydrogens (tertiary/aromatic N) is 1. The van der Waals surface area contributed by atoms with Crippen molar-refractivity contribution in [1.29, 1.82) is 0 Å². The Bertz CT molecular complexity index is 892. The predicted molar refractivity (Wildman–Crippen MR) is 105 cm³/mol. The fourth-order valence-corrected chi connectivity index (χ4v) is 5.55. The van der Waals surface area contributed by atoms with Crippen molar-refractivity contribution in [3.63, 3.8) is 0 Å². The van der Waals surface area contributed by atoms with Gasteiger partial charge in [0.05, 0.1) is 5.69 Å². The molecular weight excluding hydrogens is 578 g/mol. The van der Waals surface area contributed by atoms with Crippen LogP contribution in [-0.2, 0) is 6.18 Å². The lowest BCUT2D eigenvalue weighted by atomic mass is 10.2. The van der Waals surface area contributed by atoms with Crippen molar-refractivity contribution in [2.75, 3.05) is 5.32 Å². The van der Waals surface area contributed by atoms with Gasteiger partial charge >= 0.3 is 12.5 Å². The number of anilines is 1. The fraction of sp³-hybridized carbons (Fsp3) is 0.333. The minimum Gasteiger partial charge on any atom is -0.406 e. The molecule has 1 aromatic heterocycles. The normalized spacial score (nSPS) is 12.4. The van der Waals surface area contributed by atoms with E-state index < -0.39 is 34.8 Å². The second kappa shape index (κ2) is 9.02. The van der Waals surface area contributed by atoms with Gasteiger partial charge in [0.2, 0.25) is 0 Å². The van der Waals surface area contributed by atoms with Gasteiger partial charge in [-0.2, -0.15) is 13.2 Å². The third-order valence-corrected chi connectivity index (χ3v) is 6.31. The predicted octanol–water partition coefficient (Wildman–Crippen LogP) is 7.34. The molecular formula is C15H10Br2F6N2O2S2. The summed E-state index contributed by atoms with van der Waals surface area (Å²) in [6.07, 6.45) is -9.78. The summed E-state index contributed by atoms with van der Waals surface area (Å²) >= 11 is 7.60. The highest BCUT2D eigenvalue weighted by Crippen LogP contribution is 2.41. The van der Waals surface area contributed by atoms with Gasteiger partial charge in [0.1, 0.15) is 10.6 Å². The van der Waals surface area contributed by atoms with E-state index in [2.05, 4.69) is 46.9 Å². The monoisotopic (exact) mass is 586 g/mol. The summed E-state index contributed by atoms with van der Waals surface area (Å²) in [4.78, 5) is 15.3. The van der Waals surface area contributed by atoms with Gasteiger partial charge in [-0.15, -0.1) is 24.5 Å². The maximum absolute atomic E-state index is 13.3. The van der Waals surface area contributed by atoms with Crippen molar-refractivity contribution in [3.8, 4) is 5.75 Å². The molecule has 14 heteroatoms. The van der Waals surface area contributed by atoms with Crippen LogP contribution < -0.4 is 10.1 Å². The number of thioether (sulfide) groups is 1. The SMILES string of the molecule is CC(C)Sc1nc(C(F)(F)F)c(C(=O)Nc2c(Br)cc(OC(F)(F)F)cc2Br)s1. The number of rotatable bonds is 5. The van der Waals surface area contributed by atoms with Crippen LogP contribution in [0.25, 0.3) is 0 Å². The van der Waals surface area contributed by atoms with Crippen molar-refractivity contribution >= 4 is 66.6 Å². The van der Waals surface area contributed by atoms with Crippen LogP contribution in [0.1, 0.15) is 29.2 Å². The van der Waals surface area contributed by atoms with Gasteiger partial charge in [-0.05, 0) is 44.0 Å². The highest BCUT2D eigenvalue weighted by molar-refractivity contribution is 9.11. The van der Waals surface area contributed by atoms with Gasteiger partial charge in [-0.3, -0.25) is 4.79 Å². The Morgan fingerprint density at radius 1 is 1.17 bits per heavy atom. The fourth-order valence-electron chi connectivity index (χ4n) is 1.93. The number of thiazole rings is 1. The van der Waals surface area contributed by atoms with E-state index in [9.17, 15) is 31.1 Å². The molecule has 0 aliphatic rings. The highest BCUT2D eigenvalue weighted by Gasteiger charge is 2.40. The van der Waals surface area contributed by atoms with E-state index in [1.807, 2.05) is 0 Å². The van der Waals surface area contributed by atoms with Crippen molar-refractivity contribution in [2.45, 2.75) is 36.0 Å². The molecule has 1 amide bonds. The number of carbonyl (C=O) groups is 1. The van der Waals surface area contributed by atoms with Gasteiger partial charge in [0.25, 0.3) is 5.91 Å². The lowest BCUT2D eigenvalue weighted by Crippen LogP contribution is -2.18. The minimum atomic E-state index is -4.93. The number of aromatic nitrogens is 1. The van der Waals surface area contributed by atoms with Crippen LogP contribution >= 0.6 is 55.0 Å². The Balaban J connectivity index is 2.36. The Morgan fingerprint density at radius 2 is 1.72 bits per heavy atom. The van der Waals surface area contributed by atoms with Crippen molar-refractivity contribution in [2.24, 2.45) is 0 Å². The Labute approximate surface area is 185 Å². The van der Waals surface area contributed by atoms with Crippen LogP contribution in [0.5, 0.6) is 5.75 Å². The van der Waals surface area contributed by atoms with Gasteiger partial charge in [0, 0.05) is 14.2 Å². The van der Waals surface area contributed by atoms with E-state index >= 15 is 0 Å². The second-order valence-electron chi connectivity index (χ2n) is 5.59. The zero-order valence-electron chi connectivity index (χ0n) is 14.3. The number of benzene rings is 1. The summed E-state index contributed by atoms with van der Waals surface area (Å²) in [6.45, 7) is 3.52. The molecule has 0 bridgehead atoms. The molecule has 0 radical (unpaired) electrons. The number of amides is 1. The van der Waals surface area contributed by atoms with E-state index in [0.29, 0.717) is 11.3 Å². The topological polar surface area (TPSA) is 51.2 Å². The van der Waals surface area contributed by atoms with E-state index in [0.717, 1.165) is 23.9 Å². The molecule has 0 fully saturated rings. The number of alkyl halides is 6. The molecule has 2 aromatic rings. The third kappa shape index (κ3) is 6.76. The number of carbonyl (C=O) groups excluding carboxylic acids is 1. The second-order valence-corrected chi connectivity index (χ2v) is 10.1. The average Bonchev–Trinajstić information content (AvgIpc) is 2.92. The van der Waals surface area contributed by atoms with Gasteiger partial charge in [0.15, 0.2) is 10.0 Å². The molecule has 0 aliphatic heterocycles. The van der Waals surface area contributed by atoms with E-state index in [-0.39, 0.29) is 24.2 Å². The molecule has 0 atom stereocenters. The minimum absolute atomic E-state index is 0.0330. The Morgan fingerprint density at radius 3 is 2.17 bits per heavy atom. The Kier molecular flexibility index (Phi) is 7.55. The number of nitrogens with one attached hydrogen (secondary N) is 1. The number of hydrogen-bond acceptors (Lipinski definition) is 5. The van der Waals surface area contributed by atoms with Crippen molar-refractivity contribution in [3.05, 3.63) is 31.6 Å². The van der Waals surface area contributed by atoms with E-state index in [1.165, 1.54) is 0 Å². The standard InChI is InChI=1S/C15H10Br2F6N2O2S2/c1-5(2)28-13-25-11(14(18,19)20)10(29-13)12(26)24-9-7(16)3-6(4-8(9)17)27-15(21,22)23/h3-5H,1-2H3,(H,24,26). The van der Waals surface area contributed by atoms with Crippen LogP contribution in [0.15, 0.2) is 25.4 Å². The van der Waals surface area contributed by atoms with Gasteiger partial charge in [-0.1, -0.05) is 25.6 Å². The van der Waals surface area contributed by atoms with Crippen molar-refractivity contribution in [1.82, 2.24) is 4.98 Å². The lowest BCUT2D eigenvalue weighted by molar-refractivity contribution is -0.274. The zero-order chi connectivity index (χ0) is 22.1. The molecule has 0 saturated carbocycles. The molecule has 1 aromatic carbocycles. The van der Waals surface area contributed by atoms with Crippen LogP contribution in [-0.4, -0.2) is 22.5 Å². The largest absolute Gasteiger partial charge is 0.573 e. The molecule has 1 N–H and O–H groups in total. The van der Waals surface area contributed by atoms with Crippen LogP contribution in [0.2, 0.25) is 0 Å². The number of hydrogen-bond donors (Lipinski definition) is 1. The molecule has 0 saturated heterocycles. The molecule has 1 heterocycles. The first-order valence-electron chi connectivity index (χ1n) is 7.48. The Hall–Kier alpha value is -0.990. The molecule has 160 valence electrons. The van der Waals surface area contributed by atoms with Crippen LogP contribution in [0.4, 0.5) is 32.0 Å². The highest BCUT2D eigenvalue weighted by atomic mass is 79.9. The summed E-state index contributed by atoms with van der Waals surface area (Å²) < 4.78 is 80.7. The van der Waals surface area contributed by atoms with Crippen LogP contribution in [0.3, 0.4) is 0 Å². The molecule has 0 spiro atoms. The molecule has 0 aliphatic carbocycles. The van der Waals surface area contributed by atoms with E-state index in [4.69, 9.17) is 0 Å². The summed E-state index contributed by atoms with van der Waals surface area (Å²) in [5.41, 5.74) is -1.39. The number of halogens is 8. The quantitative estimate of drug-likeness (QED) is 0.294. The molecule has 2 rings (SSSR count). The average molecular weight is 588 g/mol. The maximum atomic E-state index is 13.3. The van der Waals surface area contributed by atoms with E-state index in [1.54, 1.807) is 13.8 Å². The molecule has 29 heavy (non-hydrogen) atoms. The van der Waals surface area contributed by atoms with Crippen LogP contribution in [0, 0.1) is 0 Å².